The van der Waals surface area contributed by atoms with Gasteiger partial charge < -0.3 is 9.84 Å². The lowest BCUT2D eigenvalue weighted by Crippen LogP contribution is -2.35. The van der Waals surface area contributed by atoms with Crippen molar-refractivity contribution in [3.63, 3.8) is 0 Å². The summed E-state index contributed by atoms with van der Waals surface area (Å²) in [6, 6.07) is 1.01. The van der Waals surface area contributed by atoms with Gasteiger partial charge in [-0.1, -0.05) is 0 Å². The summed E-state index contributed by atoms with van der Waals surface area (Å²) in [6.45, 7) is 0. The van der Waals surface area contributed by atoms with Crippen LogP contribution >= 0.6 is 0 Å². The molecule has 0 aliphatic heterocycles. The Hall–Kier alpha value is -1.44. The van der Waals surface area contributed by atoms with Crippen LogP contribution in [0.1, 0.15) is 11.7 Å². The highest BCUT2D eigenvalue weighted by atomic mass is 19.3. The minimum atomic E-state index is -4.96. The van der Waals surface area contributed by atoms with Gasteiger partial charge in [0.2, 0.25) is 0 Å². The van der Waals surface area contributed by atoms with Crippen molar-refractivity contribution in [1.29, 1.82) is 0 Å². The van der Waals surface area contributed by atoms with E-state index in [1.54, 1.807) is 0 Å². The first-order valence-corrected chi connectivity index (χ1v) is 4.58. The van der Waals surface area contributed by atoms with Gasteiger partial charge in [0.25, 0.3) is 0 Å². The van der Waals surface area contributed by atoms with E-state index in [-0.39, 0.29) is 5.75 Å². The van der Waals surface area contributed by atoms with Crippen LogP contribution in [0.5, 0.6) is 5.75 Å². The zero-order valence-electron chi connectivity index (χ0n) is 8.93. The maximum Gasteiger partial charge on any atom is 0.336 e. The number of halogens is 6. The minimum absolute atomic E-state index is 0.332. The quantitative estimate of drug-likeness (QED) is 0.855. The summed E-state index contributed by atoms with van der Waals surface area (Å²) in [7, 11) is 1.07. The van der Waals surface area contributed by atoms with Crippen LogP contribution in [0, 0.1) is 11.6 Å². The summed E-state index contributed by atoms with van der Waals surface area (Å²) in [6.07, 6.45) is -7.54. The van der Waals surface area contributed by atoms with Crippen LogP contribution in [-0.4, -0.2) is 24.6 Å². The van der Waals surface area contributed by atoms with Crippen molar-refractivity contribution in [2.24, 2.45) is 0 Å². The molecule has 1 N–H and O–H groups in total. The van der Waals surface area contributed by atoms with Crippen molar-refractivity contribution in [3.8, 4) is 5.75 Å². The Morgan fingerprint density at radius 1 is 1.17 bits per heavy atom. The third-order valence-corrected chi connectivity index (χ3v) is 2.22. The highest BCUT2D eigenvalue weighted by molar-refractivity contribution is 5.32. The van der Waals surface area contributed by atoms with E-state index in [0.29, 0.717) is 12.1 Å². The highest BCUT2D eigenvalue weighted by Gasteiger charge is 2.50. The summed E-state index contributed by atoms with van der Waals surface area (Å²) in [5, 5.41) is 8.99. The molecule has 1 unspecified atom stereocenters. The summed E-state index contributed by atoms with van der Waals surface area (Å²) >= 11 is 0. The summed E-state index contributed by atoms with van der Waals surface area (Å²) in [5.74, 6) is -8.49. The van der Waals surface area contributed by atoms with E-state index in [4.69, 9.17) is 5.11 Å². The molecule has 2 nitrogen and oxygen atoms in total. The number of aliphatic hydroxyl groups is 1. The number of methoxy groups -OCH3 is 1. The fraction of sp³-hybridized carbons (Fsp3) is 0.400. The molecule has 1 atom stereocenters. The van der Waals surface area contributed by atoms with Gasteiger partial charge in [-0.3, -0.25) is 0 Å². The first kappa shape index (κ1) is 14.6. The Kier molecular flexibility index (Phi) is 4.10. The monoisotopic (exact) mass is 274 g/mol. The van der Waals surface area contributed by atoms with Crippen molar-refractivity contribution in [1.82, 2.24) is 0 Å². The number of hydrogen-bond donors (Lipinski definition) is 1. The lowest BCUT2D eigenvalue weighted by atomic mass is 10.0. The topological polar surface area (TPSA) is 29.5 Å². The molecule has 0 aliphatic rings. The fourth-order valence-electron chi connectivity index (χ4n) is 1.25. The van der Waals surface area contributed by atoms with E-state index in [1.165, 1.54) is 0 Å². The molecule has 0 aliphatic carbocycles. The van der Waals surface area contributed by atoms with Gasteiger partial charge in [0.15, 0.2) is 6.10 Å². The summed E-state index contributed by atoms with van der Waals surface area (Å²) in [4.78, 5) is 0. The van der Waals surface area contributed by atoms with E-state index in [0.717, 1.165) is 7.11 Å². The largest absolute Gasteiger partial charge is 0.497 e. The van der Waals surface area contributed by atoms with Crippen LogP contribution < -0.4 is 4.74 Å². The van der Waals surface area contributed by atoms with Gasteiger partial charge in [0.05, 0.1) is 12.7 Å². The van der Waals surface area contributed by atoms with E-state index in [9.17, 15) is 26.3 Å². The Morgan fingerprint density at radius 2 is 1.61 bits per heavy atom. The van der Waals surface area contributed by atoms with Crippen molar-refractivity contribution in [3.05, 3.63) is 29.3 Å². The number of benzene rings is 1. The van der Waals surface area contributed by atoms with Crippen LogP contribution in [0.3, 0.4) is 0 Å². The second-order valence-corrected chi connectivity index (χ2v) is 3.38. The third kappa shape index (κ3) is 2.53. The van der Waals surface area contributed by atoms with Gasteiger partial charge in [0.1, 0.15) is 17.4 Å². The summed E-state index contributed by atoms with van der Waals surface area (Å²) < 4.78 is 80.6. The number of alkyl halides is 4. The number of hydrogen-bond acceptors (Lipinski definition) is 2. The average molecular weight is 274 g/mol. The predicted octanol–water partition coefficient (Wildman–Crippen LogP) is 2.91. The third-order valence-electron chi connectivity index (χ3n) is 2.22. The molecule has 8 heteroatoms. The van der Waals surface area contributed by atoms with Crippen LogP contribution in [-0.2, 0) is 0 Å². The molecule has 102 valence electrons. The standard InChI is InChI=1S/C10H8F6O2/c1-18-4-2-5(11)7(6(12)3-4)8(17)10(15,16)9(13)14/h2-3,8-9,17H,1H3. The minimum Gasteiger partial charge on any atom is -0.497 e. The molecular weight excluding hydrogens is 266 g/mol. The number of aliphatic hydroxyl groups excluding tert-OH is 1. The van der Waals surface area contributed by atoms with Crippen LogP contribution in [0.25, 0.3) is 0 Å². The van der Waals surface area contributed by atoms with Gasteiger partial charge in [-0.25, -0.2) is 17.6 Å². The normalized spacial score (nSPS) is 13.8. The van der Waals surface area contributed by atoms with Crippen molar-refractivity contribution in [2.45, 2.75) is 18.5 Å². The van der Waals surface area contributed by atoms with Crippen molar-refractivity contribution < 1.29 is 36.2 Å². The second-order valence-electron chi connectivity index (χ2n) is 3.38. The SMILES string of the molecule is COc1cc(F)c(C(O)C(F)(F)C(F)F)c(F)c1. The van der Waals surface area contributed by atoms with Crippen LogP contribution in [0.2, 0.25) is 0 Å². The lowest BCUT2D eigenvalue weighted by molar-refractivity contribution is -0.195. The van der Waals surface area contributed by atoms with Crippen LogP contribution in [0.4, 0.5) is 26.3 Å². The molecule has 0 spiro atoms. The molecule has 18 heavy (non-hydrogen) atoms. The molecule has 0 radical (unpaired) electrons. The molecule has 1 aromatic carbocycles. The highest BCUT2D eigenvalue weighted by Crippen LogP contribution is 2.39. The molecule has 0 fully saturated rings. The molecule has 0 heterocycles. The molecule has 0 saturated heterocycles. The Balaban J connectivity index is 3.26. The zero-order chi connectivity index (χ0) is 14.1. The molecule has 0 aromatic heterocycles. The van der Waals surface area contributed by atoms with E-state index in [1.807, 2.05) is 0 Å². The van der Waals surface area contributed by atoms with Gasteiger partial charge in [-0.2, -0.15) is 8.78 Å². The molecule has 0 bridgehead atoms. The molecular formula is C10H8F6O2. The Labute approximate surface area is 97.8 Å². The van der Waals surface area contributed by atoms with Crippen molar-refractivity contribution in [2.75, 3.05) is 7.11 Å². The zero-order valence-corrected chi connectivity index (χ0v) is 8.93. The van der Waals surface area contributed by atoms with E-state index in [2.05, 4.69) is 4.74 Å². The van der Waals surface area contributed by atoms with E-state index < -0.39 is 35.6 Å². The Morgan fingerprint density at radius 3 is 1.94 bits per heavy atom. The predicted molar refractivity (Wildman–Crippen MR) is 48.8 cm³/mol. The number of rotatable bonds is 4. The average Bonchev–Trinajstić information content (AvgIpc) is 2.27. The molecule has 0 saturated carbocycles. The van der Waals surface area contributed by atoms with Gasteiger partial charge in [0, 0.05) is 12.1 Å². The smallest absolute Gasteiger partial charge is 0.336 e. The molecule has 1 aromatic rings. The van der Waals surface area contributed by atoms with Gasteiger partial charge in [-0.05, 0) is 0 Å². The van der Waals surface area contributed by atoms with Gasteiger partial charge in [-0.15, -0.1) is 0 Å². The second kappa shape index (κ2) is 5.05. The first-order valence-electron chi connectivity index (χ1n) is 4.58. The maximum absolute atomic E-state index is 13.3. The number of ether oxygens (including phenoxy) is 1. The van der Waals surface area contributed by atoms with E-state index >= 15 is 0 Å². The molecule has 1 rings (SSSR count). The Bertz CT molecular complexity index is 411. The van der Waals surface area contributed by atoms with Crippen LogP contribution in [0.15, 0.2) is 12.1 Å². The molecule has 0 amide bonds. The first-order chi connectivity index (χ1) is 8.21. The van der Waals surface area contributed by atoms with Crippen molar-refractivity contribution >= 4 is 0 Å². The lowest BCUT2D eigenvalue weighted by Gasteiger charge is -2.22. The summed E-state index contributed by atoms with van der Waals surface area (Å²) in [5.41, 5.74) is -1.53. The van der Waals surface area contributed by atoms with Gasteiger partial charge >= 0.3 is 12.3 Å². The maximum atomic E-state index is 13.3. The fourth-order valence-corrected chi connectivity index (χ4v) is 1.25.